The van der Waals surface area contributed by atoms with Crippen molar-refractivity contribution in [1.29, 1.82) is 0 Å². The third kappa shape index (κ3) is 3.01. The lowest BCUT2D eigenvalue weighted by molar-refractivity contribution is -0.144. The van der Waals surface area contributed by atoms with E-state index >= 15 is 0 Å². The summed E-state index contributed by atoms with van der Waals surface area (Å²) in [5.41, 5.74) is 6.24. The van der Waals surface area contributed by atoms with Crippen LogP contribution in [-0.2, 0) is 9.59 Å². The van der Waals surface area contributed by atoms with Gasteiger partial charge in [-0.1, -0.05) is 19.1 Å². The molecule has 6 nitrogen and oxygen atoms in total. The molecular formula is C14H19N3O3. The number of nitrogens with two attached hydrogens (primary N) is 1. The molecule has 20 heavy (non-hydrogen) atoms. The van der Waals surface area contributed by atoms with Crippen molar-refractivity contribution in [3.8, 4) is 5.75 Å². The molecule has 1 aromatic rings. The van der Waals surface area contributed by atoms with E-state index in [0.717, 1.165) is 0 Å². The van der Waals surface area contributed by atoms with Crippen molar-refractivity contribution in [3.05, 3.63) is 24.3 Å². The molecule has 108 valence electrons. The third-order valence-electron chi connectivity index (χ3n) is 3.31. The Morgan fingerprint density at radius 2 is 2.25 bits per heavy atom. The molecule has 0 bridgehead atoms. The van der Waals surface area contributed by atoms with Crippen LogP contribution in [0, 0.1) is 0 Å². The highest BCUT2D eigenvalue weighted by atomic mass is 16.5. The Hall–Kier alpha value is -2.24. The number of nitrogens with one attached hydrogen (secondary N) is 1. The summed E-state index contributed by atoms with van der Waals surface area (Å²) in [5, 5.41) is 2.76. The molecule has 1 atom stereocenters. The highest BCUT2D eigenvalue weighted by Gasteiger charge is 2.31. The summed E-state index contributed by atoms with van der Waals surface area (Å²) in [5.74, 6) is 0.177. The van der Waals surface area contributed by atoms with Gasteiger partial charge in [-0.25, -0.2) is 0 Å². The van der Waals surface area contributed by atoms with Gasteiger partial charge in [0.2, 0.25) is 5.91 Å². The molecule has 1 unspecified atom stereocenters. The molecule has 6 heteroatoms. The predicted molar refractivity (Wildman–Crippen MR) is 75.2 cm³/mol. The first kappa shape index (κ1) is 14.2. The zero-order valence-corrected chi connectivity index (χ0v) is 11.5. The molecule has 0 saturated carbocycles. The van der Waals surface area contributed by atoms with Gasteiger partial charge in [-0.2, -0.15) is 0 Å². The molecule has 2 amide bonds. The highest BCUT2D eigenvalue weighted by Crippen LogP contribution is 2.20. The Morgan fingerprint density at radius 1 is 1.50 bits per heavy atom. The normalized spacial score (nSPS) is 18.6. The second-order valence-electron chi connectivity index (χ2n) is 4.63. The Kier molecular flexibility index (Phi) is 4.45. The number of anilines is 1. The molecular weight excluding hydrogens is 258 g/mol. The first-order chi connectivity index (χ1) is 9.63. The molecule has 0 aliphatic carbocycles. The van der Waals surface area contributed by atoms with E-state index in [4.69, 9.17) is 10.5 Å². The number of rotatable bonds is 4. The van der Waals surface area contributed by atoms with Crippen LogP contribution in [0.4, 0.5) is 5.69 Å². The van der Waals surface area contributed by atoms with Crippen LogP contribution in [0.5, 0.6) is 5.75 Å². The largest absolute Gasteiger partial charge is 0.482 e. The van der Waals surface area contributed by atoms with Crippen LogP contribution in [-0.4, -0.2) is 42.5 Å². The van der Waals surface area contributed by atoms with Crippen LogP contribution in [0.2, 0.25) is 0 Å². The van der Waals surface area contributed by atoms with Gasteiger partial charge in [0, 0.05) is 13.1 Å². The van der Waals surface area contributed by atoms with E-state index < -0.39 is 6.04 Å². The lowest BCUT2D eigenvalue weighted by Crippen LogP contribution is -2.57. The molecule has 1 aliphatic heterocycles. The molecule has 1 fully saturated rings. The van der Waals surface area contributed by atoms with E-state index in [1.54, 1.807) is 29.2 Å². The summed E-state index contributed by atoms with van der Waals surface area (Å²) in [4.78, 5) is 25.4. The number of hydrogen-bond acceptors (Lipinski definition) is 4. The monoisotopic (exact) mass is 277 g/mol. The van der Waals surface area contributed by atoms with Crippen molar-refractivity contribution < 1.29 is 14.3 Å². The minimum Gasteiger partial charge on any atom is -0.482 e. The van der Waals surface area contributed by atoms with Gasteiger partial charge in [0.1, 0.15) is 11.8 Å². The minimum atomic E-state index is -0.409. The average Bonchev–Trinajstić information content (AvgIpc) is 2.46. The highest BCUT2D eigenvalue weighted by molar-refractivity contribution is 5.89. The first-order valence-corrected chi connectivity index (χ1v) is 6.68. The number of carbonyl (C=O) groups is 2. The number of nitrogen functional groups attached to an aromatic ring is 1. The molecule has 1 heterocycles. The van der Waals surface area contributed by atoms with E-state index in [-0.39, 0.29) is 18.4 Å². The zero-order chi connectivity index (χ0) is 14.5. The van der Waals surface area contributed by atoms with Crippen molar-refractivity contribution in [2.75, 3.05) is 25.4 Å². The second-order valence-corrected chi connectivity index (χ2v) is 4.63. The van der Waals surface area contributed by atoms with Gasteiger partial charge in [-0.05, 0) is 18.6 Å². The molecule has 1 saturated heterocycles. The standard InChI is InChI=1S/C14H19N3O3/c1-2-11-14(19)16-7-8-17(11)13(18)9-20-12-6-4-3-5-10(12)15/h3-6,11H,2,7-9,15H2,1H3,(H,16,19). The summed E-state index contributed by atoms with van der Waals surface area (Å²) < 4.78 is 5.43. The van der Waals surface area contributed by atoms with E-state index in [1.807, 2.05) is 6.92 Å². The van der Waals surface area contributed by atoms with E-state index in [2.05, 4.69) is 5.32 Å². The quantitative estimate of drug-likeness (QED) is 0.779. The van der Waals surface area contributed by atoms with Crippen molar-refractivity contribution in [1.82, 2.24) is 10.2 Å². The van der Waals surface area contributed by atoms with Gasteiger partial charge in [-0.15, -0.1) is 0 Å². The summed E-state index contributed by atoms with van der Waals surface area (Å²) in [6.07, 6.45) is 0.588. The lowest BCUT2D eigenvalue weighted by Gasteiger charge is -2.34. The fourth-order valence-corrected chi connectivity index (χ4v) is 2.25. The zero-order valence-electron chi connectivity index (χ0n) is 11.5. The molecule has 2 rings (SSSR count). The lowest BCUT2D eigenvalue weighted by atomic mass is 10.1. The van der Waals surface area contributed by atoms with Crippen LogP contribution in [0.15, 0.2) is 24.3 Å². The maximum atomic E-state index is 12.2. The Balaban J connectivity index is 1.97. The maximum absolute atomic E-state index is 12.2. The van der Waals surface area contributed by atoms with Gasteiger partial charge in [0.05, 0.1) is 5.69 Å². The summed E-state index contributed by atoms with van der Waals surface area (Å²) in [7, 11) is 0. The molecule has 1 aliphatic rings. The van der Waals surface area contributed by atoms with Gasteiger partial charge in [-0.3, -0.25) is 9.59 Å². The summed E-state index contributed by atoms with van der Waals surface area (Å²) >= 11 is 0. The number of ether oxygens (including phenoxy) is 1. The Bertz CT molecular complexity index is 504. The van der Waals surface area contributed by atoms with Crippen LogP contribution < -0.4 is 15.8 Å². The van der Waals surface area contributed by atoms with Crippen molar-refractivity contribution >= 4 is 17.5 Å². The van der Waals surface area contributed by atoms with Gasteiger partial charge in [0.25, 0.3) is 5.91 Å². The fraction of sp³-hybridized carbons (Fsp3) is 0.429. The number of benzene rings is 1. The van der Waals surface area contributed by atoms with Crippen LogP contribution in [0.25, 0.3) is 0 Å². The molecule has 0 aromatic heterocycles. The first-order valence-electron chi connectivity index (χ1n) is 6.68. The van der Waals surface area contributed by atoms with Gasteiger partial charge >= 0.3 is 0 Å². The Morgan fingerprint density at radius 3 is 2.95 bits per heavy atom. The van der Waals surface area contributed by atoms with Crippen LogP contribution >= 0.6 is 0 Å². The fourth-order valence-electron chi connectivity index (χ4n) is 2.25. The predicted octanol–water partition coefficient (Wildman–Crippen LogP) is 0.385. The number of amides is 2. The molecule has 0 radical (unpaired) electrons. The topological polar surface area (TPSA) is 84.7 Å². The SMILES string of the molecule is CCC1C(=O)NCCN1C(=O)COc1ccccc1N. The summed E-state index contributed by atoms with van der Waals surface area (Å²) in [6, 6.07) is 6.60. The average molecular weight is 277 g/mol. The molecule has 1 aromatic carbocycles. The van der Waals surface area contributed by atoms with Crippen LogP contribution in [0.3, 0.4) is 0 Å². The number of piperazine rings is 1. The van der Waals surface area contributed by atoms with Gasteiger partial charge < -0.3 is 20.7 Å². The minimum absolute atomic E-state index is 0.105. The van der Waals surface area contributed by atoms with Crippen molar-refractivity contribution in [3.63, 3.8) is 0 Å². The van der Waals surface area contributed by atoms with E-state index in [9.17, 15) is 9.59 Å². The number of hydrogen-bond donors (Lipinski definition) is 2. The number of nitrogens with zero attached hydrogens (tertiary/aromatic N) is 1. The van der Waals surface area contributed by atoms with Crippen molar-refractivity contribution in [2.24, 2.45) is 0 Å². The van der Waals surface area contributed by atoms with E-state index in [1.165, 1.54) is 0 Å². The van der Waals surface area contributed by atoms with Crippen molar-refractivity contribution in [2.45, 2.75) is 19.4 Å². The van der Waals surface area contributed by atoms with Crippen LogP contribution in [0.1, 0.15) is 13.3 Å². The molecule has 3 N–H and O–H groups in total. The number of carbonyl (C=O) groups excluding carboxylic acids is 2. The third-order valence-corrected chi connectivity index (χ3v) is 3.31. The second kappa shape index (κ2) is 6.27. The Labute approximate surface area is 117 Å². The smallest absolute Gasteiger partial charge is 0.261 e. The maximum Gasteiger partial charge on any atom is 0.261 e. The summed E-state index contributed by atoms with van der Waals surface area (Å²) in [6.45, 7) is 2.76. The van der Waals surface area contributed by atoms with Gasteiger partial charge in [0.15, 0.2) is 6.61 Å². The molecule has 0 spiro atoms. The van der Waals surface area contributed by atoms with E-state index in [0.29, 0.717) is 30.9 Å². The number of para-hydroxylation sites is 2.